The van der Waals surface area contributed by atoms with E-state index < -0.39 is 0 Å². The summed E-state index contributed by atoms with van der Waals surface area (Å²) < 4.78 is 1.57. The highest BCUT2D eigenvalue weighted by Gasteiger charge is 2.12. The molecule has 0 fully saturated rings. The molecule has 19 heavy (non-hydrogen) atoms. The molecule has 1 unspecified atom stereocenters. The highest BCUT2D eigenvalue weighted by Crippen LogP contribution is 2.32. The zero-order chi connectivity index (χ0) is 14.0. The lowest BCUT2D eigenvalue weighted by atomic mass is 9.90. The third kappa shape index (κ3) is 2.90. The van der Waals surface area contributed by atoms with Crippen molar-refractivity contribution in [2.24, 2.45) is 7.05 Å². The summed E-state index contributed by atoms with van der Waals surface area (Å²) in [4.78, 5) is 11.8. The summed E-state index contributed by atoms with van der Waals surface area (Å²) in [6.07, 6.45) is 2.85. The minimum Gasteiger partial charge on any atom is -0.319 e. The van der Waals surface area contributed by atoms with E-state index in [2.05, 4.69) is 19.9 Å². The Hall–Kier alpha value is -1.54. The van der Waals surface area contributed by atoms with Crippen molar-refractivity contribution in [2.75, 3.05) is 0 Å². The molecule has 3 heteroatoms. The van der Waals surface area contributed by atoms with Crippen LogP contribution in [0.25, 0.3) is 11.1 Å². The number of hydrogen-bond donors (Lipinski definition) is 0. The van der Waals surface area contributed by atoms with E-state index in [1.54, 1.807) is 23.9 Å². The van der Waals surface area contributed by atoms with Crippen molar-refractivity contribution >= 4 is 11.6 Å². The number of benzene rings is 1. The maximum atomic E-state index is 11.8. The second kappa shape index (κ2) is 5.62. The van der Waals surface area contributed by atoms with Gasteiger partial charge in [-0.15, -0.1) is 0 Å². The first kappa shape index (κ1) is 13.9. The minimum absolute atomic E-state index is 0.00687. The summed E-state index contributed by atoms with van der Waals surface area (Å²) in [6, 6.07) is 9.53. The third-order valence-electron chi connectivity index (χ3n) is 3.57. The van der Waals surface area contributed by atoms with Gasteiger partial charge in [0.1, 0.15) is 0 Å². The predicted octanol–water partition coefficient (Wildman–Crippen LogP) is 4.22. The van der Waals surface area contributed by atoms with Crippen molar-refractivity contribution in [3.05, 3.63) is 57.5 Å². The van der Waals surface area contributed by atoms with Crippen LogP contribution in [0.15, 0.2) is 41.3 Å². The largest absolute Gasteiger partial charge is 0.319 e. The summed E-state index contributed by atoms with van der Waals surface area (Å²) in [5.74, 6) is 0.441. The van der Waals surface area contributed by atoms with Gasteiger partial charge in [0.2, 0.25) is 0 Å². The fraction of sp³-hybridized carbons (Fsp3) is 0.312. The van der Waals surface area contributed by atoms with Crippen molar-refractivity contribution in [2.45, 2.75) is 26.2 Å². The lowest BCUT2D eigenvalue weighted by Gasteiger charge is -2.15. The molecule has 0 aliphatic carbocycles. The third-order valence-corrected chi connectivity index (χ3v) is 3.81. The Balaban J connectivity index is 2.62. The van der Waals surface area contributed by atoms with Crippen LogP contribution < -0.4 is 5.56 Å². The number of aromatic nitrogens is 1. The van der Waals surface area contributed by atoms with Crippen molar-refractivity contribution in [1.29, 1.82) is 0 Å². The summed E-state index contributed by atoms with van der Waals surface area (Å²) in [6.45, 7) is 4.35. The zero-order valence-corrected chi connectivity index (χ0v) is 12.2. The first-order valence-corrected chi connectivity index (χ1v) is 6.87. The molecule has 0 N–H and O–H groups in total. The second-order valence-corrected chi connectivity index (χ2v) is 5.34. The lowest BCUT2D eigenvalue weighted by molar-refractivity contribution is 0.735. The van der Waals surface area contributed by atoms with Crippen molar-refractivity contribution < 1.29 is 0 Å². The average molecular weight is 276 g/mol. The topological polar surface area (TPSA) is 22.0 Å². The first-order valence-electron chi connectivity index (χ1n) is 6.49. The highest BCUT2D eigenvalue weighted by atomic mass is 35.5. The standard InChI is InChI=1S/C16H18ClNO/c1-4-11(2)14-6-5-13(17)10-15(14)12-7-8-18(3)16(19)9-12/h5-11H,4H2,1-3H3. The first-order chi connectivity index (χ1) is 9.02. The molecular formula is C16H18ClNO. The van der Waals surface area contributed by atoms with E-state index in [1.807, 2.05) is 18.2 Å². The molecular weight excluding hydrogens is 258 g/mol. The van der Waals surface area contributed by atoms with E-state index in [-0.39, 0.29) is 5.56 Å². The van der Waals surface area contributed by atoms with E-state index in [0.717, 1.165) is 17.5 Å². The van der Waals surface area contributed by atoms with Gasteiger partial charge >= 0.3 is 0 Å². The Morgan fingerprint density at radius 2 is 2.00 bits per heavy atom. The summed E-state index contributed by atoms with van der Waals surface area (Å²) in [7, 11) is 1.75. The van der Waals surface area contributed by atoms with Gasteiger partial charge < -0.3 is 4.57 Å². The van der Waals surface area contributed by atoms with Crippen LogP contribution in [0.5, 0.6) is 0 Å². The molecule has 2 nitrogen and oxygen atoms in total. The van der Waals surface area contributed by atoms with E-state index in [0.29, 0.717) is 10.9 Å². The highest BCUT2D eigenvalue weighted by molar-refractivity contribution is 6.30. The number of halogens is 1. The quantitative estimate of drug-likeness (QED) is 0.822. The minimum atomic E-state index is -0.00687. The average Bonchev–Trinajstić information content (AvgIpc) is 2.41. The Labute approximate surface area is 118 Å². The van der Waals surface area contributed by atoms with Gasteiger partial charge in [-0.05, 0) is 47.2 Å². The van der Waals surface area contributed by atoms with Gasteiger partial charge in [0, 0.05) is 24.3 Å². The van der Waals surface area contributed by atoms with E-state index in [9.17, 15) is 4.79 Å². The van der Waals surface area contributed by atoms with Gasteiger partial charge in [0.05, 0.1) is 0 Å². The van der Waals surface area contributed by atoms with Crippen LogP contribution in [0.1, 0.15) is 31.7 Å². The number of nitrogens with zero attached hydrogens (tertiary/aromatic N) is 1. The van der Waals surface area contributed by atoms with Gasteiger partial charge in [-0.3, -0.25) is 4.79 Å². The Bertz CT molecular complexity index is 645. The number of hydrogen-bond acceptors (Lipinski definition) is 1. The van der Waals surface area contributed by atoms with E-state index >= 15 is 0 Å². The summed E-state index contributed by atoms with van der Waals surface area (Å²) >= 11 is 6.10. The van der Waals surface area contributed by atoms with Crippen LogP contribution in [0.2, 0.25) is 5.02 Å². The molecule has 2 rings (SSSR count). The van der Waals surface area contributed by atoms with Crippen LogP contribution in [0.4, 0.5) is 0 Å². The molecule has 0 radical (unpaired) electrons. The second-order valence-electron chi connectivity index (χ2n) is 4.91. The molecule has 1 aromatic heterocycles. The van der Waals surface area contributed by atoms with Gasteiger partial charge in [-0.2, -0.15) is 0 Å². The maximum Gasteiger partial charge on any atom is 0.250 e. The van der Waals surface area contributed by atoms with Gasteiger partial charge in [-0.25, -0.2) is 0 Å². The molecule has 2 aromatic rings. The van der Waals surface area contributed by atoms with E-state index in [4.69, 9.17) is 11.6 Å². The maximum absolute atomic E-state index is 11.8. The fourth-order valence-electron chi connectivity index (χ4n) is 2.14. The van der Waals surface area contributed by atoms with Gasteiger partial charge in [0.15, 0.2) is 0 Å². The molecule has 1 heterocycles. The Kier molecular flexibility index (Phi) is 4.11. The van der Waals surface area contributed by atoms with Gasteiger partial charge in [0.25, 0.3) is 5.56 Å². The monoisotopic (exact) mass is 275 g/mol. The predicted molar refractivity (Wildman–Crippen MR) is 80.8 cm³/mol. The SMILES string of the molecule is CCC(C)c1ccc(Cl)cc1-c1ccn(C)c(=O)c1. The van der Waals surface area contributed by atoms with Crippen LogP contribution in [0, 0.1) is 0 Å². The van der Waals surface area contributed by atoms with Crippen LogP contribution in [-0.4, -0.2) is 4.57 Å². The summed E-state index contributed by atoms with van der Waals surface area (Å²) in [5, 5.41) is 0.697. The zero-order valence-electron chi connectivity index (χ0n) is 11.5. The normalized spacial score (nSPS) is 12.4. The smallest absolute Gasteiger partial charge is 0.250 e. The fourth-order valence-corrected chi connectivity index (χ4v) is 2.32. The molecule has 100 valence electrons. The molecule has 0 aliphatic heterocycles. The number of aryl methyl sites for hydroxylation is 1. The molecule has 0 bridgehead atoms. The molecule has 0 spiro atoms. The van der Waals surface area contributed by atoms with Crippen LogP contribution in [0.3, 0.4) is 0 Å². The molecule has 0 saturated carbocycles. The molecule has 1 aromatic carbocycles. The van der Waals surface area contributed by atoms with Crippen LogP contribution >= 0.6 is 11.6 Å². The van der Waals surface area contributed by atoms with Crippen LogP contribution in [-0.2, 0) is 7.05 Å². The number of pyridine rings is 1. The lowest BCUT2D eigenvalue weighted by Crippen LogP contribution is -2.14. The molecule has 0 aliphatic rings. The van der Waals surface area contributed by atoms with E-state index in [1.165, 1.54) is 5.56 Å². The molecule has 0 saturated heterocycles. The number of rotatable bonds is 3. The molecule has 0 amide bonds. The summed E-state index contributed by atoms with van der Waals surface area (Å²) in [5.41, 5.74) is 3.22. The van der Waals surface area contributed by atoms with Crippen molar-refractivity contribution in [1.82, 2.24) is 4.57 Å². The van der Waals surface area contributed by atoms with Crippen molar-refractivity contribution in [3.8, 4) is 11.1 Å². The molecule has 1 atom stereocenters. The Morgan fingerprint density at radius 1 is 1.26 bits per heavy atom. The van der Waals surface area contributed by atoms with Crippen molar-refractivity contribution in [3.63, 3.8) is 0 Å². The Morgan fingerprint density at radius 3 is 2.63 bits per heavy atom. The van der Waals surface area contributed by atoms with Gasteiger partial charge in [-0.1, -0.05) is 31.5 Å².